The SMILES string of the molecule is CC(C)(C)OC(=O)N1C[C@@H]2CC[C@H]([C@@H]1C(=O)O)N2C(=O)OCC1c2ccccc2-c2ccccc21. The molecule has 0 saturated carbocycles. The molecule has 184 valence electrons. The molecule has 8 heteroatoms. The minimum Gasteiger partial charge on any atom is -0.480 e. The van der Waals surface area contributed by atoms with Gasteiger partial charge in [0.05, 0.1) is 12.1 Å². The molecule has 2 saturated heterocycles. The normalized spacial score (nSPS) is 23.0. The van der Waals surface area contributed by atoms with Crippen molar-refractivity contribution in [1.29, 1.82) is 0 Å². The predicted octanol–water partition coefficient (Wildman–Crippen LogP) is 4.47. The van der Waals surface area contributed by atoms with Gasteiger partial charge >= 0.3 is 18.2 Å². The van der Waals surface area contributed by atoms with E-state index < -0.39 is 35.8 Å². The molecule has 0 aromatic heterocycles. The van der Waals surface area contributed by atoms with Crippen LogP contribution in [0.5, 0.6) is 0 Å². The largest absolute Gasteiger partial charge is 0.480 e. The summed E-state index contributed by atoms with van der Waals surface area (Å²) in [4.78, 5) is 41.0. The highest BCUT2D eigenvalue weighted by atomic mass is 16.6. The van der Waals surface area contributed by atoms with Gasteiger partial charge in [0, 0.05) is 12.5 Å². The van der Waals surface area contributed by atoms with E-state index in [1.54, 1.807) is 20.8 Å². The fourth-order valence-electron chi connectivity index (χ4n) is 5.71. The van der Waals surface area contributed by atoms with Crippen LogP contribution in [-0.2, 0) is 14.3 Å². The fraction of sp³-hybridized carbons (Fsp3) is 0.444. The monoisotopic (exact) mass is 478 g/mol. The molecule has 3 aliphatic rings. The fourth-order valence-corrected chi connectivity index (χ4v) is 5.71. The molecule has 1 aliphatic carbocycles. The summed E-state index contributed by atoms with van der Waals surface area (Å²) in [6.45, 7) is 5.48. The summed E-state index contributed by atoms with van der Waals surface area (Å²) in [6.07, 6.45) is -0.105. The number of aliphatic carboxylic acids is 1. The molecule has 3 atom stereocenters. The number of piperazine rings is 1. The second-order valence-electron chi connectivity index (χ2n) is 10.4. The van der Waals surface area contributed by atoms with Gasteiger partial charge in [0.2, 0.25) is 0 Å². The van der Waals surface area contributed by atoms with E-state index in [1.165, 1.54) is 9.80 Å². The Balaban J connectivity index is 1.33. The molecule has 2 amide bonds. The lowest BCUT2D eigenvalue weighted by molar-refractivity contribution is -0.147. The molecule has 2 heterocycles. The first kappa shape index (κ1) is 23.2. The Labute approximate surface area is 204 Å². The summed E-state index contributed by atoms with van der Waals surface area (Å²) >= 11 is 0. The summed E-state index contributed by atoms with van der Waals surface area (Å²) in [5.74, 6) is -1.24. The summed E-state index contributed by atoms with van der Waals surface area (Å²) in [7, 11) is 0. The molecular formula is C27H30N2O6. The smallest absolute Gasteiger partial charge is 0.411 e. The first-order valence-electron chi connectivity index (χ1n) is 12.0. The van der Waals surface area contributed by atoms with Crippen molar-refractivity contribution in [1.82, 2.24) is 9.80 Å². The Kier molecular flexibility index (Phi) is 5.69. The lowest BCUT2D eigenvalue weighted by Crippen LogP contribution is -2.65. The lowest BCUT2D eigenvalue weighted by Gasteiger charge is -2.44. The molecule has 2 aromatic rings. The van der Waals surface area contributed by atoms with Crippen molar-refractivity contribution in [3.63, 3.8) is 0 Å². The Bertz CT molecular complexity index is 1130. The van der Waals surface area contributed by atoms with E-state index >= 15 is 0 Å². The van der Waals surface area contributed by atoms with Gasteiger partial charge < -0.3 is 14.6 Å². The summed E-state index contributed by atoms with van der Waals surface area (Å²) in [6, 6.07) is 14.1. The molecule has 2 fully saturated rings. The third-order valence-electron chi connectivity index (χ3n) is 7.08. The minimum atomic E-state index is -1.18. The van der Waals surface area contributed by atoms with Crippen molar-refractivity contribution < 1.29 is 29.0 Å². The van der Waals surface area contributed by atoms with Crippen LogP contribution >= 0.6 is 0 Å². The van der Waals surface area contributed by atoms with Gasteiger partial charge in [-0.3, -0.25) is 9.80 Å². The number of amides is 2. The highest BCUT2D eigenvalue weighted by molar-refractivity contribution is 5.83. The van der Waals surface area contributed by atoms with Crippen LogP contribution in [0.3, 0.4) is 0 Å². The van der Waals surface area contributed by atoms with Crippen LogP contribution in [0, 0.1) is 0 Å². The summed E-state index contributed by atoms with van der Waals surface area (Å²) in [5.41, 5.74) is 3.76. The maximum absolute atomic E-state index is 13.3. The zero-order valence-electron chi connectivity index (χ0n) is 20.1. The van der Waals surface area contributed by atoms with Crippen LogP contribution < -0.4 is 0 Å². The van der Waals surface area contributed by atoms with Crippen LogP contribution in [0.4, 0.5) is 9.59 Å². The quantitative estimate of drug-likeness (QED) is 0.699. The molecule has 2 aromatic carbocycles. The molecular weight excluding hydrogens is 448 g/mol. The minimum absolute atomic E-state index is 0.0812. The molecule has 1 N–H and O–H groups in total. The van der Waals surface area contributed by atoms with Gasteiger partial charge in [0.15, 0.2) is 6.04 Å². The van der Waals surface area contributed by atoms with Gasteiger partial charge in [-0.2, -0.15) is 0 Å². The van der Waals surface area contributed by atoms with E-state index in [1.807, 2.05) is 24.3 Å². The number of benzene rings is 2. The number of likely N-dealkylation sites (tertiary alicyclic amines) is 1. The molecule has 0 radical (unpaired) electrons. The van der Waals surface area contributed by atoms with E-state index in [9.17, 15) is 19.5 Å². The second kappa shape index (κ2) is 8.59. The van der Waals surface area contributed by atoms with Gasteiger partial charge in [0.1, 0.15) is 12.2 Å². The molecule has 35 heavy (non-hydrogen) atoms. The molecule has 2 aliphatic heterocycles. The van der Waals surface area contributed by atoms with Crippen LogP contribution in [0.15, 0.2) is 48.5 Å². The maximum Gasteiger partial charge on any atom is 0.411 e. The molecule has 0 spiro atoms. The zero-order chi connectivity index (χ0) is 24.9. The topological polar surface area (TPSA) is 96.4 Å². The summed E-state index contributed by atoms with van der Waals surface area (Å²) in [5, 5.41) is 9.97. The molecule has 0 unspecified atom stereocenters. The third-order valence-corrected chi connectivity index (χ3v) is 7.08. The number of carboxylic acids is 1. The van der Waals surface area contributed by atoms with E-state index in [0.717, 1.165) is 22.3 Å². The Hall–Kier alpha value is -3.55. The van der Waals surface area contributed by atoms with Crippen LogP contribution in [0.2, 0.25) is 0 Å². The number of carbonyl (C=O) groups is 3. The van der Waals surface area contributed by atoms with Gasteiger partial charge in [0.25, 0.3) is 0 Å². The van der Waals surface area contributed by atoms with Crippen molar-refractivity contribution in [2.45, 2.75) is 63.3 Å². The second-order valence-corrected chi connectivity index (χ2v) is 10.4. The summed E-state index contributed by atoms with van der Waals surface area (Å²) < 4.78 is 11.3. The van der Waals surface area contributed by atoms with E-state index in [0.29, 0.717) is 12.8 Å². The van der Waals surface area contributed by atoms with Gasteiger partial charge in [-0.05, 0) is 55.9 Å². The number of hydrogen-bond acceptors (Lipinski definition) is 5. The van der Waals surface area contributed by atoms with Crippen molar-refractivity contribution >= 4 is 18.2 Å². The highest BCUT2D eigenvalue weighted by Crippen LogP contribution is 2.45. The number of hydrogen-bond donors (Lipinski definition) is 1. The number of ether oxygens (including phenoxy) is 2. The number of fused-ring (bicyclic) bond motifs is 5. The first-order valence-corrected chi connectivity index (χ1v) is 12.0. The van der Waals surface area contributed by atoms with Crippen molar-refractivity contribution in [2.75, 3.05) is 13.2 Å². The Morgan fingerprint density at radius 2 is 1.54 bits per heavy atom. The lowest BCUT2D eigenvalue weighted by atomic mass is 9.98. The van der Waals surface area contributed by atoms with Gasteiger partial charge in [-0.15, -0.1) is 0 Å². The Morgan fingerprint density at radius 3 is 2.11 bits per heavy atom. The molecule has 8 nitrogen and oxygen atoms in total. The zero-order valence-corrected chi connectivity index (χ0v) is 20.1. The average molecular weight is 479 g/mol. The average Bonchev–Trinajstić information content (AvgIpc) is 3.28. The van der Waals surface area contributed by atoms with Crippen LogP contribution in [-0.4, -0.2) is 69.9 Å². The maximum atomic E-state index is 13.3. The molecule has 5 rings (SSSR count). The van der Waals surface area contributed by atoms with Crippen molar-refractivity contribution in [3.05, 3.63) is 59.7 Å². The van der Waals surface area contributed by atoms with E-state index in [4.69, 9.17) is 9.47 Å². The van der Waals surface area contributed by atoms with E-state index in [2.05, 4.69) is 24.3 Å². The van der Waals surface area contributed by atoms with Crippen LogP contribution in [0.1, 0.15) is 50.7 Å². The number of carboxylic acid groups (broad SMARTS) is 1. The third kappa shape index (κ3) is 4.11. The number of rotatable bonds is 3. The van der Waals surface area contributed by atoms with Crippen molar-refractivity contribution in [3.8, 4) is 11.1 Å². The number of carbonyl (C=O) groups excluding carboxylic acids is 2. The molecule has 2 bridgehead atoms. The van der Waals surface area contributed by atoms with Gasteiger partial charge in [-0.1, -0.05) is 48.5 Å². The van der Waals surface area contributed by atoms with Gasteiger partial charge in [-0.25, -0.2) is 14.4 Å². The predicted molar refractivity (Wildman–Crippen MR) is 128 cm³/mol. The van der Waals surface area contributed by atoms with Crippen LogP contribution in [0.25, 0.3) is 11.1 Å². The Morgan fingerprint density at radius 1 is 0.943 bits per heavy atom. The van der Waals surface area contributed by atoms with Crippen molar-refractivity contribution in [2.24, 2.45) is 0 Å². The van der Waals surface area contributed by atoms with E-state index in [-0.39, 0.29) is 25.1 Å². The first-order chi connectivity index (χ1) is 16.7. The standard InChI is InChI=1S/C27H30N2O6/c1-27(2,3)35-25(32)28-14-16-12-13-22(23(28)24(30)31)29(16)26(33)34-15-21-19-10-6-4-8-17(19)18-9-5-7-11-20(18)21/h4-11,16,21-23H,12-15H2,1-3H3,(H,30,31)/t16-,22+,23+/m0/s1. The number of nitrogens with zero attached hydrogens (tertiary/aromatic N) is 2. The highest BCUT2D eigenvalue weighted by Gasteiger charge is 2.54.